The molecule has 0 fully saturated rings. The molecule has 1 N–H and O–H groups in total. The van der Waals surface area contributed by atoms with Crippen molar-refractivity contribution in [2.24, 2.45) is 0 Å². The number of alkyl halides is 2. The topological polar surface area (TPSA) is 76.0 Å². The van der Waals surface area contributed by atoms with E-state index in [0.29, 0.717) is 0 Å². The second kappa shape index (κ2) is 3.52. The summed E-state index contributed by atoms with van der Waals surface area (Å²) in [7, 11) is 0. The van der Waals surface area contributed by atoms with E-state index in [1.165, 1.54) is 6.92 Å². The van der Waals surface area contributed by atoms with Gasteiger partial charge in [-0.3, -0.25) is 4.79 Å². The van der Waals surface area contributed by atoms with Crippen LogP contribution in [-0.2, 0) is 0 Å². The summed E-state index contributed by atoms with van der Waals surface area (Å²) in [6, 6.07) is 0. The minimum absolute atomic E-state index is 0.0194. The molecule has 7 heteroatoms. The van der Waals surface area contributed by atoms with Crippen LogP contribution < -0.4 is 5.43 Å². The highest BCUT2D eigenvalue weighted by atomic mass is 19.3. The molecule has 5 nitrogen and oxygen atoms in total. The molecule has 0 amide bonds. The van der Waals surface area contributed by atoms with E-state index in [9.17, 15) is 23.7 Å². The number of nitrogens with one attached hydrogen (secondary N) is 1. The van der Waals surface area contributed by atoms with Crippen molar-refractivity contribution in [3.05, 3.63) is 37.7 Å². The van der Waals surface area contributed by atoms with E-state index < -0.39 is 28.2 Å². The molecule has 0 saturated heterocycles. The summed E-state index contributed by atoms with van der Waals surface area (Å²) in [6.07, 6.45) is -2.12. The molecule has 0 aromatic carbocycles. The Bertz CT molecular complexity index is 427. The first-order valence-corrected chi connectivity index (χ1v) is 3.60. The fourth-order valence-electron chi connectivity index (χ4n) is 0.993. The summed E-state index contributed by atoms with van der Waals surface area (Å²) in [4.78, 5) is 22.4. The van der Waals surface area contributed by atoms with Crippen molar-refractivity contribution in [2.75, 3.05) is 0 Å². The summed E-state index contributed by atoms with van der Waals surface area (Å²) in [5.41, 5.74) is -2.06. The van der Waals surface area contributed by atoms with Crippen LogP contribution in [-0.4, -0.2) is 9.91 Å². The SMILES string of the molecule is Cc1c[nH]c([N+](=O)[O-])c(C(F)F)c1=O. The van der Waals surface area contributed by atoms with E-state index in [0.717, 1.165) is 6.20 Å². The minimum Gasteiger partial charge on any atom is -0.358 e. The van der Waals surface area contributed by atoms with Crippen molar-refractivity contribution >= 4 is 5.82 Å². The van der Waals surface area contributed by atoms with Gasteiger partial charge in [-0.2, -0.15) is 0 Å². The van der Waals surface area contributed by atoms with Crippen LogP contribution in [0.3, 0.4) is 0 Å². The average Bonchev–Trinajstić information content (AvgIpc) is 2.08. The number of aryl methyl sites for hydroxylation is 1. The second-order valence-corrected chi connectivity index (χ2v) is 2.62. The van der Waals surface area contributed by atoms with E-state index in [1.54, 1.807) is 0 Å². The largest absolute Gasteiger partial charge is 0.358 e. The number of hydrogen-bond donors (Lipinski definition) is 1. The molecule has 1 aromatic heterocycles. The zero-order valence-corrected chi connectivity index (χ0v) is 7.08. The molecule has 0 aliphatic carbocycles. The first-order valence-electron chi connectivity index (χ1n) is 3.60. The van der Waals surface area contributed by atoms with Gasteiger partial charge in [0.2, 0.25) is 5.43 Å². The maximum atomic E-state index is 12.3. The molecule has 0 saturated carbocycles. The predicted molar refractivity (Wildman–Crippen MR) is 43.4 cm³/mol. The molecule has 0 spiro atoms. The first-order chi connectivity index (χ1) is 6.45. The van der Waals surface area contributed by atoms with Gasteiger partial charge in [-0.15, -0.1) is 0 Å². The molecule has 0 unspecified atom stereocenters. The quantitative estimate of drug-likeness (QED) is 0.586. The van der Waals surface area contributed by atoms with E-state index in [-0.39, 0.29) is 5.56 Å². The van der Waals surface area contributed by atoms with Crippen LogP contribution in [0, 0.1) is 17.0 Å². The van der Waals surface area contributed by atoms with E-state index in [2.05, 4.69) is 0 Å². The lowest BCUT2D eigenvalue weighted by Gasteiger charge is -2.02. The van der Waals surface area contributed by atoms with Gasteiger partial charge in [-0.05, 0) is 11.8 Å². The lowest BCUT2D eigenvalue weighted by atomic mass is 10.2. The summed E-state index contributed by atoms with van der Waals surface area (Å²) >= 11 is 0. The van der Waals surface area contributed by atoms with Gasteiger partial charge in [-0.1, -0.05) is 0 Å². The Morgan fingerprint density at radius 2 is 2.14 bits per heavy atom. The highest BCUT2D eigenvalue weighted by molar-refractivity contribution is 5.35. The lowest BCUT2D eigenvalue weighted by Crippen LogP contribution is -2.16. The molecule has 0 aliphatic heterocycles. The van der Waals surface area contributed by atoms with Crippen molar-refractivity contribution in [3.8, 4) is 0 Å². The highest BCUT2D eigenvalue weighted by Crippen LogP contribution is 2.23. The van der Waals surface area contributed by atoms with Gasteiger partial charge in [0.05, 0.1) is 6.20 Å². The maximum absolute atomic E-state index is 12.3. The molecule has 0 atom stereocenters. The number of nitrogens with zero attached hydrogens (tertiary/aromatic N) is 1. The fraction of sp³-hybridized carbons (Fsp3) is 0.286. The van der Waals surface area contributed by atoms with Crippen molar-refractivity contribution < 1.29 is 13.7 Å². The Morgan fingerprint density at radius 3 is 2.57 bits per heavy atom. The van der Waals surface area contributed by atoms with Gasteiger partial charge in [0, 0.05) is 5.56 Å². The number of hydrogen-bond acceptors (Lipinski definition) is 3. The zero-order valence-electron chi connectivity index (χ0n) is 7.08. The Hall–Kier alpha value is -1.79. The summed E-state index contributed by atoms with van der Waals surface area (Å²) < 4.78 is 24.6. The number of halogens is 2. The third kappa shape index (κ3) is 1.61. The molecule has 0 aliphatic rings. The van der Waals surface area contributed by atoms with Crippen molar-refractivity contribution in [2.45, 2.75) is 13.3 Å². The first kappa shape index (κ1) is 10.3. The fourth-order valence-corrected chi connectivity index (χ4v) is 0.993. The third-order valence-electron chi connectivity index (χ3n) is 1.68. The van der Waals surface area contributed by atoms with Gasteiger partial charge in [-0.25, -0.2) is 13.8 Å². The van der Waals surface area contributed by atoms with Crippen LogP contribution in [0.4, 0.5) is 14.6 Å². The number of aromatic nitrogens is 1. The number of H-pyrrole nitrogens is 1. The molecule has 1 rings (SSSR count). The van der Waals surface area contributed by atoms with Gasteiger partial charge >= 0.3 is 5.82 Å². The van der Waals surface area contributed by atoms with Crippen LogP contribution in [0.1, 0.15) is 17.6 Å². The Kier molecular flexibility index (Phi) is 2.59. The Balaban J connectivity index is 3.54. The third-order valence-corrected chi connectivity index (χ3v) is 1.68. The van der Waals surface area contributed by atoms with Crippen LogP contribution >= 0.6 is 0 Å². The highest BCUT2D eigenvalue weighted by Gasteiger charge is 2.25. The van der Waals surface area contributed by atoms with Crippen molar-refractivity contribution in [1.82, 2.24) is 4.98 Å². The van der Waals surface area contributed by atoms with Gasteiger partial charge in [0.1, 0.15) is 0 Å². The summed E-state index contributed by atoms with van der Waals surface area (Å²) in [5, 5.41) is 10.3. The monoisotopic (exact) mass is 204 g/mol. The second-order valence-electron chi connectivity index (χ2n) is 2.62. The molecule has 0 radical (unpaired) electrons. The molecule has 76 valence electrons. The van der Waals surface area contributed by atoms with Crippen molar-refractivity contribution in [1.29, 1.82) is 0 Å². The van der Waals surface area contributed by atoms with Gasteiger partial charge < -0.3 is 10.1 Å². The van der Waals surface area contributed by atoms with Crippen molar-refractivity contribution in [3.63, 3.8) is 0 Å². The molecule has 1 aromatic rings. The average molecular weight is 204 g/mol. The van der Waals surface area contributed by atoms with E-state index in [4.69, 9.17) is 0 Å². The standard InChI is InChI=1S/C7H6F2N2O3/c1-3-2-10-7(11(13)14)4(5(3)12)6(8)9/h2,6H,1H3,(H,10,12). The normalized spacial score (nSPS) is 10.6. The molecule has 0 bridgehead atoms. The number of pyridine rings is 1. The van der Waals surface area contributed by atoms with Gasteiger partial charge in [0.25, 0.3) is 6.43 Å². The van der Waals surface area contributed by atoms with E-state index in [1.807, 2.05) is 4.98 Å². The predicted octanol–water partition coefficient (Wildman–Crippen LogP) is 1.53. The maximum Gasteiger partial charge on any atom is 0.333 e. The van der Waals surface area contributed by atoms with E-state index >= 15 is 0 Å². The number of aromatic amines is 1. The summed E-state index contributed by atoms with van der Waals surface area (Å²) in [6.45, 7) is 1.30. The molecular formula is C7H6F2N2O3. The minimum atomic E-state index is -3.15. The van der Waals surface area contributed by atoms with Crippen LogP contribution in [0.2, 0.25) is 0 Å². The summed E-state index contributed by atoms with van der Waals surface area (Å²) in [5.74, 6) is -0.949. The lowest BCUT2D eigenvalue weighted by molar-refractivity contribution is -0.391. The number of nitro groups is 1. The van der Waals surface area contributed by atoms with Crippen LogP contribution in [0.25, 0.3) is 0 Å². The Morgan fingerprint density at radius 1 is 1.57 bits per heavy atom. The zero-order chi connectivity index (χ0) is 10.9. The number of rotatable bonds is 2. The molecule has 1 heterocycles. The smallest absolute Gasteiger partial charge is 0.333 e. The molecular weight excluding hydrogens is 198 g/mol. The van der Waals surface area contributed by atoms with Gasteiger partial charge in [0.15, 0.2) is 5.56 Å². The van der Waals surface area contributed by atoms with Crippen LogP contribution in [0.5, 0.6) is 0 Å². The van der Waals surface area contributed by atoms with Crippen LogP contribution in [0.15, 0.2) is 11.0 Å². The Labute approximate surface area is 76.5 Å². The molecule has 14 heavy (non-hydrogen) atoms.